The number of carbonyl (C=O) groups is 1. The van der Waals surface area contributed by atoms with Crippen LogP contribution < -0.4 is 9.47 Å². The number of rotatable bonds is 7. The molecule has 2 aromatic carbocycles. The van der Waals surface area contributed by atoms with E-state index in [1.54, 1.807) is 13.4 Å². The molecule has 0 aliphatic heterocycles. The SMILES string of the molecule is COC(=O)Cc1ccc(OCc2coc(-c3ccc(OC)cc3)n2)cc1. The highest BCUT2D eigenvalue weighted by Gasteiger charge is 2.08. The lowest BCUT2D eigenvalue weighted by Crippen LogP contribution is -2.04. The number of nitrogens with zero attached hydrogens (tertiary/aromatic N) is 1. The zero-order valence-electron chi connectivity index (χ0n) is 14.6. The highest BCUT2D eigenvalue weighted by molar-refractivity contribution is 5.72. The van der Waals surface area contributed by atoms with Gasteiger partial charge in [-0.15, -0.1) is 0 Å². The maximum absolute atomic E-state index is 11.3. The Morgan fingerprint density at radius 2 is 1.69 bits per heavy atom. The van der Waals surface area contributed by atoms with Gasteiger partial charge in [-0.1, -0.05) is 12.1 Å². The molecule has 0 spiro atoms. The maximum Gasteiger partial charge on any atom is 0.309 e. The van der Waals surface area contributed by atoms with Crippen molar-refractivity contribution in [3.63, 3.8) is 0 Å². The Balaban J connectivity index is 1.58. The highest BCUT2D eigenvalue weighted by atomic mass is 16.5. The van der Waals surface area contributed by atoms with Crippen LogP contribution in [-0.2, 0) is 22.6 Å². The van der Waals surface area contributed by atoms with Crippen molar-refractivity contribution in [1.29, 1.82) is 0 Å². The van der Waals surface area contributed by atoms with E-state index in [0.717, 1.165) is 16.9 Å². The molecule has 0 unspecified atom stereocenters. The number of aromatic nitrogens is 1. The molecule has 6 heteroatoms. The highest BCUT2D eigenvalue weighted by Crippen LogP contribution is 2.22. The predicted octanol–water partition coefficient (Wildman–Crippen LogP) is 3.64. The lowest BCUT2D eigenvalue weighted by atomic mass is 10.1. The standard InChI is InChI=1S/C20H19NO5/c1-23-17-9-5-15(6-10-17)20-21-16(13-26-20)12-25-18-7-3-14(4-8-18)11-19(22)24-2/h3-10,13H,11-12H2,1-2H3. The Hall–Kier alpha value is -3.28. The molecule has 3 aromatic rings. The molecule has 1 aromatic heterocycles. The van der Waals surface area contributed by atoms with Crippen molar-refractivity contribution < 1.29 is 23.4 Å². The minimum absolute atomic E-state index is 0.241. The number of oxazole rings is 1. The van der Waals surface area contributed by atoms with E-state index < -0.39 is 0 Å². The minimum atomic E-state index is -0.271. The van der Waals surface area contributed by atoms with Crippen molar-refractivity contribution in [1.82, 2.24) is 4.98 Å². The van der Waals surface area contributed by atoms with Gasteiger partial charge in [0.25, 0.3) is 0 Å². The van der Waals surface area contributed by atoms with Gasteiger partial charge in [0, 0.05) is 5.56 Å². The van der Waals surface area contributed by atoms with Crippen molar-refractivity contribution in [2.24, 2.45) is 0 Å². The summed E-state index contributed by atoms with van der Waals surface area (Å²) in [6, 6.07) is 14.8. The lowest BCUT2D eigenvalue weighted by Gasteiger charge is -2.05. The first-order chi connectivity index (χ1) is 12.7. The molecular weight excluding hydrogens is 334 g/mol. The molecular formula is C20H19NO5. The van der Waals surface area contributed by atoms with Gasteiger partial charge >= 0.3 is 5.97 Å². The van der Waals surface area contributed by atoms with E-state index >= 15 is 0 Å². The van der Waals surface area contributed by atoms with Crippen LogP contribution in [-0.4, -0.2) is 25.2 Å². The number of carbonyl (C=O) groups excluding carboxylic acids is 1. The van der Waals surface area contributed by atoms with Gasteiger partial charge in [0.05, 0.1) is 20.6 Å². The Labute approximate surface area is 151 Å². The van der Waals surface area contributed by atoms with Gasteiger partial charge in [0.15, 0.2) is 0 Å². The number of esters is 1. The van der Waals surface area contributed by atoms with Gasteiger partial charge in [-0.3, -0.25) is 4.79 Å². The summed E-state index contributed by atoms with van der Waals surface area (Å²) in [5.74, 6) is 1.72. The summed E-state index contributed by atoms with van der Waals surface area (Å²) in [4.78, 5) is 15.7. The maximum atomic E-state index is 11.3. The topological polar surface area (TPSA) is 70.8 Å². The molecule has 0 atom stereocenters. The monoisotopic (exact) mass is 353 g/mol. The third-order valence-electron chi connectivity index (χ3n) is 3.77. The molecule has 0 bridgehead atoms. The molecule has 0 amide bonds. The zero-order valence-corrected chi connectivity index (χ0v) is 14.6. The molecule has 1 heterocycles. The van der Waals surface area contributed by atoms with E-state index in [4.69, 9.17) is 13.9 Å². The van der Waals surface area contributed by atoms with Crippen molar-refractivity contribution in [3.05, 3.63) is 66.1 Å². The summed E-state index contributed by atoms with van der Waals surface area (Å²) in [6.45, 7) is 0.288. The second-order valence-electron chi connectivity index (χ2n) is 5.56. The molecule has 0 fully saturated rings. The molecule has 0 aliphatic carbocycles. The molecule has 3 rings (SSSR count). The lowest BCUT2D eigenvalue weighted by molar-refractivity contribution is -0.139. The van der Waals surface area contributed by atoms with Crippen LogP contribution >= 0.6 is 0 Å². The third kappa shape index (κ3) is 4.42. The van der Waals surface area contributed by atoms with E-state index in [1.165, 1.54) is 7.11 Å². The predicted molar refractivity (Wildman–Crippen MR) is 95.0 cm³/mol. The first kappa shape index (κ1) is 17.5. The summed E-state index contributed by atoms with van der Waals surface area (Å²) in [5, 5.41) is 0. The van der Waals surface area contributed by atoms with Crippen LogP contribution in [0.4, 0.5) is 0 Å². The van der Waals surface area contributed by atoms with E-state index in [0.29, 0.717) is 17.3 Å². The molecule has 134 valence electrons. The second-order valence-corrected chi connectivity index (χ2v) is 5.56. The summed E-state index contributed by atoms with van der Waals surface area (Å²) < 4.78 is 21.0. The van der Waals surface area contributed by atoms with Crippen LogP contribution in [0, 0.1) is 0 Å². The fraction of sp³-hybridized carbons (Fsp3) is 0.200. The Bertz CT molecular complexity index is 853. The van der Waals surface area contributed by atoms with Gasteiger partial charge in [-0.25, -0.2) is 4.98 Å². The molecule has 0 aliphatic rings. The van der Waals surface area contributed by atoms with E-state index in [1.807, 2.05) is 48.5 Å². The third-order valence-corrected chi connectivity index (χ3v) is 3.77. The number of methoxy groups -OCH3 is 2. The van der Waals surface area contributed by atoms with Crippen LogP contribution in [0.2, 0.25) is 0 Å². The molecule has 6 nitrogen and oxygen atoms in total. The fourth-order valence-electron chi connectivity index (χ4n) is 2.34. The first-order valence-electron chi connectivity index (χ1n) is 8.05. The molecule has 26 heavy (non-hydrogen) atoms. The van der Waals surface area contributed by atoms with Crippen LogP contribution in [0.3, 0.4) is 0 Å². The molecule has 0 saturated heterocycles. The fourth-order valence-corrected chi connectivity index (χ4v) is 2.34. The van der Waals surface area contributed by atoms with Gasteiger partial charge in [0.1, 0.15) is 30.1 Å². The van der Waals surface area contributed by atoms with Crippen molar-refractivity contribution in [2.45, 2.75) is 13.0 Å². The Morgan fingerprint density at radius 1 is 1.00 bits per heavy atom. The van der Waals surface area contributed by atoms with Gasteiger partial charge < -0.3 is 18.6 Å². The minimum Gasteiger partial charge on any atom is -0.497 e. The average molecular weight is 353 g/mol. The second kappa shape index (κ2) is 8.20. The van der Waals surface area contributed by atoms with Crippen LogP contribution in [0.5, 0.6) is 11.5 Å². The molecule has 0 radical (unpaired) electrons. The summed E-state index contributed by atoms with van der Waals surface area (Å²) in [6.07, 6.45) is 1.82. The molecule has 0 N–H and O–H groups in total. The summed E-state index contributed by atoms with van der Waals surface area (Å²) in [5.41, 5.74) is 2.42. The van der Waals surface area contributed by atoms with Crippen molar-refractivity contribution in [3.8, 4) is 23.0 Å². The van der Waals surface area contributed by atoms with Gasteiger partial charge in [0.2, 0.25) is 5.89 Å². The number of hydrogen-bond donors (Lipinski definition) is 0. The average Bonchev–Trinajstić information content (AvgIpc) is 3.16. The normalized spacial score (nSPS) is 10.4. The number of ether oxygens (including phenoxy) is 3. The number of benzene rings is 2. The summed E-state index contributed by atoms with van der Waals surface area (Å²) >= 11 is 0. The quantitative estimate of drug-likeness (QED) is 0.604. The summed E-state index contributed by atoms with van der Waals surface area (Å²) in [7, 11) is 3.00. The van der Waals surface area contributed by atoms with Crippen LogP contribution in [0.1, 0.15) is 11.3 Å². The van der Waals surface area contributed by atoms with E-state index in [9.17, 15) is 4.79 Å². The van der Waals surface area contributed by atoms with Crippen molar-refractivity contribution >= 4 is 5.97 Å². The first-order valence-corrected chi connectivity index (χ1v) is 8.05. The zero-order chi connectivity index (χ0) is 18.4. The number of hydrogen-bond acceptors (Lipinski definition) is 6. The van der Waals surface area contributed by atoms with Gasteiger partial charge in [-0.2, -0.15) is 0 Å². The smallest absolute Gasteiger partial charge is 0.309 e. The van der Waals surface area contributed by atoms with Crippen molar-refractivity contribution in [2.75, 3.05) is 14.2 Å². The Morgan fingerprint density at radius 3 is 2.35 bits per heavy atom. The van der Waals surface area contributed by atoms with Crippen LogP contribution in [0.25, 0.3) is 11.5 Å². The van der Waals surface area contributed by atoms with E-state index in [2.05, 4.69) is 9.72 Å². The Kier molecular flexibility index (Phi) is 5.53. The molecule has 0 saturated carbocycles. The van der Waals surface area contributed by atoms with Gasteiger partial charge in [-0.05, 0) is 42.0 Å². The largest absolute Gasteiger partial charge is 0.497 e. The van der Waals surface area contributed by atoms with Crippen LogP contribution in [0.15, 0.2) is 59.2 Å². The van der Waals surface area contributed by atoms with E-state index in [-0.39, 0.29) is 19.0 Å².